The van der Waals surface area contributed by atoms with Gasteiger partial charge in [0.2, 0.25) is 0 Å². The third-order valence-electron chi connectivity index (χ3n) is 8.79. The maximum absolute atomic E-state index is 11.6. The maximum Gasteiger partial charge on any atom is 0.129 e. The largest absolute Gasteiger partial charge is 0.858 e. The maximum atomic E-state index is 11.6. The monoisotopic (exact) mass is 595 g/mol. The summed E-state index contributed by atoms with van der Waals surface area (Å²) in [4.78, 5) is 0. The van der Waals surface area contributed by atoms with Crippen molar-refractivity contribution in [3.05, 3.63) is 0 Å². The molecule has 1 unspecified atom stereocenters. The smallest absolute Gasteiger partial charge is 0.129 e. The summed E-state index contributed by atoms with van der Waals surface area (Å²) in [5.74, 6) is -0.0952. The summed E-state index contributed by atoms with van der Waals surface area (Å²) in [6.45, 7) is 7.78. The van der Waals surface area contributed by atoms with Crippen LogP contribution in [-0.2, 0) is 4.74 Å². The van der Waals surface area contributed by atoms with Crippen LogP contribution in [-0.4, -0.2) is 43.8 Å². The van der Waals surface area contributed by atoms with Gasteiger partial charge in [-0.2, -0.15) is 0 Å². The molecule has 4 heteroatoms. The molecular weight excluding hydrogens is 516 g/mol. The second kappa shape index (κ2) is 31.8. The zero-order chi connectivity index (χ0) is 31.0. The molecular formula is C38H78N2O2. The molecule has 42 heavy (non-hydrogen) atoms. The van der Waals surface area contributed by atoms with Gasteiger partial charge in [-0.05, 0) is 19.8 Å². The molecule has 0 aliphatic heterocycles. The summed E-state index contributed by atoms with van der Waals surface area (Å²) in [5.41, 5.74) is 0. The minimum atomic E-state index is -0.0952. The van der Waals surface area contributed by atoms with E-state index in [0.29, 0.717) is 4.59 Å². The summed E-state index contributed by atoms with van der Waals surface area (Å²) in [5, 5.41) is 15.9. The number of quaternary nitrogens is 1. The van der Waals surface area contributed by atoms with Gasteiger partial charge in [-0.3, -0.25) is 0 Å². The highest BCUT2D eigenvalue weighted by atomic mass is 16.5. The van der Waals surface area contributed by atoms with Gasteiger partial charge in [-0.15, -0.1) is 5.10 Å². The van der Waals surface area contributed by atoms with Crippen molar-refractivity contribution in [3.8, 4) is 0 Å². The SMILES string of the molecule is CCCCCCCCCCCCCCCCOC(CCCCCCCCCCCCCCCC)C[N+](C)(C)N=C(C)[O-]. The van der Waals surface area contributed by atoms with Gasteiger partial charge in [0.1, 0.15) is 12.6 Å². The normalized spacial score (nSPS) is 13.2. The molecule has 0 saturated heterocycles. The van der Waals surface area contributed by atoms with Gasteiger partial charge in [-0.1, -0.05) is 187 Å². The van der Waals surface area contributed by atoms with Crippen LogP contribution in [0.1, 0.15) is 207 Å². The van der Waals surface area contributed by atoms with Crippen molar-refractivity contribution in [1.82, 2.24) is 0 Å². The molecule has 0 N–H and O–H groups in total. The van der Waals surface area contributed by atoms with Crippen molar-refractivity contribution < 1.29 is 14.4 Å². The Bertz CT molecular complexity index is 559. The van der Waals surface area contributed by atoms with Gasteiger partial charge in [-0.25, -0.2) is 4.59 Å². The Hall–Kier alpha value is -0.610. The van der Waals surface area contributed by atoms with Gasteiger partial charge in [0, 0.05) is 12.5 Å². The number of rotatable bonds is 34. The highest BCUT2D eigenvalue weighted by Gasteiger charge is 2.22. The summed E-state index contributed by atoms with van der Waals surface area (Å²) in [7, 11) is 4.05. The van der Waals surface area contributed by atoms with Crippen LogP contribution in [0, 0.1) is 0 Å². The third kappa shape index (κ3) is 32.3. The zero-order valence-corrected chi connectivity index (χ0v) is 29.7. The van der Waals surface area contributed by atoms with Crippen molar-refractivity contribution >= 4 is 5.90 Å². The van der Waals surface area contributed by atoms with Gasteiger partial charge in [0.05, 0.1) is 14.1 Å². The summed E-state index contributed by atoms with van der Waals surface area (Å²) in [6, 6.07) is 0. The van der Waals surface area contributed by atoms with Crippen LogP contribution >= 0.6 is 0 Å². The van der Waals surface area contributed by atoms with E-state index >= 15 is 0 Å². The molecule has 252 valence electrons. The lowest BCUT2D eigenvalue weighted by Gasteiger charge is -2.29. The van der Waals surface area contributed by atoms with Crippen molar-refractivity contribution in [2.24, 2.45) is 5.10 Å². The van der Waals surface area contributed by atoms with Crippen LogP contribution in [0.3, 0.4) is 0 Å². The molecule has 0 amide bonds. The molecule has 0 aromatic rings. The summed E-state index contributed by atoms with van der Waals surface area (Å²) in [6.07, 6.45) is 40.1. The van der Waals surface area contributed by atoms with E-state index in [1.165, 1.54) is 173 Å². The topological polar surface area (TPSA) is 44.6 Å². The highest BCUT2D eigenvalue weighted by Crippen LogP contribution is 2.17. The van der Waals surface area contributed by atoms with Crippen LogP contribution in [0.4, 0.5) is 0 Å². The number of likely N-dealkylation sites (N-methyl/N-ethyl adjacent to an activating group) is 1. The number of hydrogen-bond donors (Lipinski definition) is 0. The first kappa shape index (κ1) is 41.4. The van der Waals surface area contributed by atoms with E-state index in [2.05, 4.69) is 18.9 Å². The van der Waals surface area contributed by atoms with E-state index in [4.69, 9.17) is 4.74 Å². The molecule has 0 aliphatic rings. The average molecular weight is 595 g/mol. The third-order valence-corrected chi connectivity index (χ3v) is 8.79. The first-order chi connectivity index (χ1) is 20.4. The van der Waals surface area contributed by atoms with Crippen molar-refractivity contribution in [2.45, 2.75) is 213 Å². The van der Waals surface area contributed by atoms with Crippen LogP contribution in [0.25, 0.3) is 0 Å². The van der Waals surface area contributed by atoms with Gasteiger partial charge >= 0.3 is 0 Å². The Balaban J connectivity index is 3.91. The Morgan fingerprint density at radius 3 is 1.17 bits per heavy atom. The van der Waals surface area contributed by atoms with Crippen LogP contribution in [0.15, 0.2) is 5.10 Å². The van der Waals surface area contributed by atoms with Crippen molar-refractivity contribution in [1.29, 1.82) is 0 Å². The van der Waals surface area contributed by atoms with E-state index in [1.54, 1.807) is 6.92 Å². The van der Waals surface area contributed by atoms with Gasteiger partial charge < -0.3 is 9.84 Å². The Kier molecular flexibility index (Phi) is 31.3. The Labute approximate surface area is 265 Å². The lowest BCUT2D eigenvalue weighted by molar-refractivity contribution is -0.901. The molecule has 0 fully saturated rings. The van der Waals surface area contributed by atoms with Crippen molar-refractivity contribution in [3.63, 3.8) is 0 Å². The summed E-state index contributed by atoms with van der Waals surface area (Å²) < 4.78 is 6.77. The van der Waals surface area contributed by atoms with Crippen LogP contribution in [0.2, 0.25) is 0 Å². The molecule has 4 nitrogen and oxygen atoms in total. The number of hydrogen-bond acceptors (Lipinski definition) is 3. The molecule has 0 aromatic heterocycles. The highest BCUT2D eigenvalue weighted by molar-refractivity contribution is 5.67. The van der Waals surface area contributed by atoms with Crippen LogP contribution in [0.5, 0.6) is 0 Å². The summed E-state index contributed by atoms with van der Waals surface area (Å²) >= 11 is 0. The average Bonchev–Trinajstić information content (AvgIpc) is 2.94. The number of unbranched alkanes of at least 4 members (excludes halogenated alkanes) is 26. The predicted octanol–water partition coefficient (Wildman–Crippen LogP) is 11.5. The molecule has 0 bridgehead atoms. The predicted molar refractivity (Wildman–Crippen MR) is 185 cm³/mol. The zero-order valence-electron chi connectivity index (χ0n) is 29.7. The second-order valence-corrected chi connectivity index (χ2v) is 13.9. The molecule has 0 aromatic carbocycles. The minimum absolute atomic E-state index is 0.0952. The molecule has 0 rings (SSSR count). The molecule has 0 saturated carbocycles. The number of ether oxygens (including phenoxy) is 1. The van der Waals surface area contributed by atoms with E-state index in [1.807, 2.05) is 14.1 Å². The standard InChI is InChI=1S/C38H78N2O2/c1-6-8-10-12-14-16-18-20-22-24-26-28-30-32-34-38(36-40(4,5)39-37(3)41)42-35-33-31-29-27-25-23-21-19-17-15-13-11-9-7-2/h38H,6-36H2,1-5H3. The van der Waals surface area contributed by atoms with Gasteiger partial charge in [0.25, 0.3) is 0 Å². The molecule has 0 heterocycles. The lowest BCUT2D eigenvalue weighted by Crippen LogP contribution is -2.43. The van der Waals surface area contributed by atoms with E-state index < -0.39 is 0 Å². The Morgan fingerprint density at radius 2 is 0.833 bits per heavy atom. The van der Waals surface area contributed by atoms with E-state index in [9.17, 15) is 5.11 Å². The first-order valence-corrected chi connectivity index (χ1v) is 19.1. The Morgan fingerprint density at radius 1 is 0.524 bits per heavy atom. The first-order valence-electron chi connectivity index (χ1n) is 19.1. The fourth-order valence-electron chi connectivity index (χ4n) is 6.26. The molecule has 1 atom stereocenters. The molecule has 0 aliphatic carbocycles. The lowest BCUT2D eigenvalue weighted by atomic mass is 10.0. The molecule has 0 spiro atoms. The fraction of sp³-hybridized carbons (Fsp3) is 0.974. The van der Waals surface area contributed by atoms with E-state index in [-0.39, 0.29) is 12.0 Å². The van der Waals surface area contributed by atoms with E-state index in [0.717, 1.165) is 26.0 Å². The second-order valence-electron chi connectivity index (χ2n) is 13.9. The van der Waals surface area contributed by atoms with Crippen molar-refractivity contribution in [2.75, 3.05) is 27.2 Å². The minimum Gasteiger partial charge on any atom is -0.858 e. The van der Waals surface area contributed by atoms with Gasteiger partial charge in [0.15, 0.2) is 0 Å². The molecule has 0 radical (unpaired) electrons. The fourth-order valence-corrected chi connectivity index (χ4v) is 6.26. The quantitative estimate of drug-likeness (QED) is 0.0244. The van der Waals surface area contributed by atoms with Crippen LogP contribution < -0.4 is 5.11 Å². The number of nitrogens with zero attached hydrogens (tertiary/aromatic N) is 2.